The third kappa shape index (κ3) is 4.12. The number of benzene rings is 3. The van der Waals surface area contributed by atoms with Crippen LogP contribution in [0.3, 0.4) is 0 Å². The van der Waals surface area contributed by atoms with Crippen LogP contribution in [0.1, 0.15) is 42.0 Å². The molecular weight excluding hydrogens is 408 g/mol. The number of rotatable bonds is 4. The van der Waals surface area contributed by atoms with Gasteiger partial charge >= 0.3 is 0 Å². The standard InChI is InChI=1S/C26H23ClN2O2/c1-16(2)21-15-22(17(3)13-24(21)30)29-23(14-18-9-11-20(27)12-10-18)26(31)28-25(29)19-7-5-4-6-8-19/h4-16,30H,1-3H3/b23-14-. The van der Waals surface area contributed by atoms with Crippen LogP contribution in [-0.4, -0.2) is 16.8 Å². The van der Waals surface area contributed by atoms with Gasteiger partial charge in [0.15, 0.2) is 0 Å². The van der Waals surface area contributed by atoms with Gasteiger partial charge in [0.2, 0.25) is 0 Å². The van der Waals surface area contributed by atoms with Crippen LogP contribution in [0.5, 0.6) is 5.75 Å². The summed E-state index contributed by atoms with van der Waals surface area (Å²) in [5.74, 6) is 0.628. The predicted octanol–water partition coefficient (Wildman–Crippen LogP) is 6.31. The van der Waals surface area contributed by atoms with Crippen molar-refractivity contribution in [3.05, 3.63) is 99.7 Å². The predicted molar refractivity (Wildman–Crippen MR) is 127 cm³/mol. The second-order valence-electron chi connectivity index (χ2n) is 7.88. The minimum Gasteiger partial charge on any atom is -0.508 e. The monoisotopic (exact) mass is 430 g/mol. The molecule has 0 aromatic heterocycles. The van der Waals surface area contributed by atoms with Crippen LogP contribution in [0, 0.1) is 6.92 Å². The second-order valence-corrected chi connectivity index (χ2v) is 8.31. The number of aromatic hydroxyl groups is 1. The lowest BCUT2D eigenvalue weighted by Crippen LogP contribution is -2.28. The third-order valence-corrected chi connectivity index (χ3v) is 5.54. The van der Waals surface area contributed by atoms with Gasteiger partial charge in [0.1, 0.15) is 17.3 Å². The Kier molecular flexibility index (Phi) is 5.66. The molecule has 0 fully saturated rings. The number of phenolic OH excluding ortho intramolecular Hbond substituents is 1. The molecule has 0 saturated carbocycles. The van der Waals surface area contributed by atoms with Crippen molar-refractivity contribution in [2.45, 2.75) is 26.7 Å². The first-order valence-corrected chi connectivity index (χ1v) is 10.5. The number of amides is 1. The van der Waals surface area contributed by atoms with Crippen molar-refractivity contribution in [2.24, 2.45) is 4.99 Å². The van der Waals surface area contributed by atoms with Crippen molar-refractivity contribution < 1.29 is 9.90 Å². The topological polar surface area (TPSA) is 52.9 Å². The Hall–Kier alpha value is -3.37. The molecule has 0 aliphatic carbocycles. The lowest BCUT2D eigenvalue weighted by atomic mass is 9.98. The fourth-order valence-electron chi connectivity index (χ4n) is 3.68. The number of aryl methyl sites for hydroxylation is 1. The normalized spacial score (nSPS) is 15.1. The molecule has 0 atom stereocenters. The highest BCUT2D eigenvalue weighted by Gasteiger charge is 2.33. The molecule has 0 saturated heterocycles. The van der Waals surface area contributed by atoms with Crippen LogP contribution in [0.4, 0.5) is 5.69 Å². The van der Waals surface area contributed by atoms with Crippen molar-refractivity contribution >= 4 is 35.1 Å². The van der Waals surface area contributed by atoms with Crippen LogP contribution in [0.2, 0.25) is 5.02 Å². The van der Waals surface area contributed by atoms with Gasteiger partial charge in [-0.05, 0) is 59.9 Å². The van der Waals surface area contributed by atoms with E-state index in [-0.39, 0.29) is 17.6 Å². The van der Waals surface area contributed by atoms with E-state index in [1.807, 2.05) is 80.3 Å². The van der Waals surface area contributed by atoms with E-state index in [0.29, 0.717) is 16.6 Å². The third-order valence-electron chi connectivity index (χ3n) is 5.29. The molecule has 1 heterocycles. The summed E-state index contributed by atoms with van der Waals surface area (Å²) in [6, 6.07) is 20.6. The van der Waals surface area contributed by atoms with E-state index < -0.39 is 0 Å². The van der Waals surface area contributed by atoms with Gasteiger partial charge in [-0.25, -0.2) is 0 Å². The smallest absolute Gasteiger partial charge is 0.296 e. The van der Waals surface area contributed by atoms with Gasteiger partial charge in [-0.3, -0.25) is 9.69 Å². The minimum absolute atomic E-state index is 0.124. The molecule has 1 aliphatic rings. The average molecular weight is 431 g/mol. The van der Waals surface area contributed by atoms with Gasteiger partial charge in [0.25, 0.3) is 5.91 Å². The molecule has 156 valence electrons. The van der Waals surface area contributed by atoms with E-state index in [1.165, 1.54) is 0 Å². The number of hydrogen-bond acceptors (Lipinski definition) is 3. The summed E-state index contributed by atoms with van der Waals surface area (Å²) >= 11 is 6.02. The van der Waals surface area contributed by atoms with E-state index in [9.17, 15) is 9.90 Å². The Morgan fingerprint density at radius 3 is 2.35 bits per heavy atom. The fourth-order valence-corrected chi connectivity index (χ4v) is 3.81. The zero-order chi connectivity index (χ0) is 22.1. The molecule has 4 rings (SSSR count). The summed E-state index contributed by atoms with van der Waals surface area (Å²) in [6.45, 7) is 5.98. The maximum Gasteiger partial charge on any atom is 0.296 e. The van der Waals surface area contributed by atoms with Gasteiger partial charge in [-0.1, -0.05) is 67.9 Å². The highest BCUT2D eigenvalue weighted by Crippen LogP contribution is 2.37. The molecule has 5 heteroatoms. The number of nitrogens with zero attached hydrogens (tertiary/aromatic N) is 2. The summed E-state index contributed by atoms with van der Waals surface area (Å²) < 4.78 is 0. The van der Waals surface area contributed by atoms with Crippen molar-refractivity contribution in [3.8, 4) is 5.75 Å². The quantitative estimate of drug-likeness (QED) is 0.493. The SMILES string of the molecule is Cc1cc(O)c(C(C)C)cc1N1C(c2ccccc2)=NC(=O)/C1=C/c1ccc(Cl)cc1. The van der Waals surface area contributed by atoms with Gasteiger partial charge in [0, 0.05) is 10.6 Å². The number of phenols is 1. The molecule has 0 spiro atoms. The summed E-state index contributed by atoms with van der Waals surface area (Å²) in [5, 5.41) is 11.1. The Balaban J connectivity index is 1.92. The zero-order valence-electron chi connectivity index (χ0n) is 17.6. The van der Waals surface area contributed by atoms with Crippen LogP contribution in [0.15, 0.2) is 77.4 Å². The van der Waals surface area contributed by atoms with E-state index in [4.69, 9.17) is 11.6 Å². The Bertz CT molecular complexity index is 1200. The van der Waals surface area contributed by atoms with Crippen LogP contribution < -0.4 is 4.90 Å². The highest BCUT2D eigenvalue weighted by molar-refractivity contribution is 6.30. The minimum atomic E-state index is -0.313. The number of aliphatic imine (C=N–C) groups is 1. The van der Waals surface area contributed by atoms with Crippen molar-refractivity contribution in [1.82, 2.24) is 0 Å². The number of carbonyl (C=O) groups excluding carboxylic acids is 1. The van der Waals surface area contributed by atoms with Crippen molar-refractivity contribution in [1.29, 1.82) is 0 Å². The lowest BCUT2D eigenvalue weighted by Gasteiger charge is -2.25. The van der Waals surface area contributed by atoms with E-state index in [2.05, 4.69) is 4.99 Å². The van der Waals surface area contributed by atoms with Crippen LogP contribution in [-0.2, 0) is 4.79 Å². The van der Waals surface area contributed by atoms with Gasteiger partial charge < -0.3 is 5.11 Å². The number of anilines is 1. The van der Waals surface area contributed by atoms with Crippen LogP contribution >= 0.6 is 11.6 Å². The first-order chi connectivity index (χ1) is 14.8. The molecule has 0 radical (unpaired) electrons. The zero-order valence-corrected chi connectivity index (χ0v) is 18.4. The van der Waals surface area contributed by atoms with Crippen molar-refractivity contribution in [2.75, 3.05) is 4.90 Å². The second kappa shape index (κ2) is 8.40. The summed E-state index contributed by atoms with van der Waals surface area (Å²) in [6.07, 6.45) is 1.82. The fraction of sp³-hybridized carbons (Fsp3) is 0.154. The average Bonchev–Trinajstić information content (AvgIpc) is 3.06. The van der Waals surface area contributed by atoms with E-state index in [0.717, 1.165) is 27.9 Å². The molecule has 0 bridgehead atoms. The number of amidine groups is 1. The molecular formula is C26H23ClN2O2. The van der Waals surface area contributed by atoms with Gasteiger partial charge in [-0.15, -0.1) is 0 Å². The molecule has 1 N–H and O–H groups in total. The molecule has 31 heavy (non-hydrogen) atoms. The summed E-state index contributed by atoms with van der Waals surface area (Å²) in [4.78, 5) is 19.3. The first-order valence-electron chi connectivity index (χ1n) is 10.1. The molecule has 1 aliphatic heterocycles. The van der Waals surface area contributed by atoms with Crippen molar-refractivity contribution in [3.63, 3.8) is 0 Å². The number of carbonyl (C=O) groups is 1. The molecule has 3 aromatic rings. The van der Waals surface area contributed by atoms with E-state index in [1.54, 1.807) is 18.2 Å². The van der Waals surface area contributed by atoms with Gasteiger partial charge in [-0.2, -0.15) is 4.99 Å². The largest absolute Gasteiger partial charge is 0.508 e. The molecule has 4 nitrogen and oxygen atoms in total. The lowest BCUT2D eigenvalue weighted by molar-refractivity contribution is -0.113. The Morgan fingerprint density at radius 2 is 1.71 bits per heavy atom. The molecule has 1 amide bonds. The summed E-state index contributed by atoms with van der Waals surface area (Å²) in [7, 11) is 0. The Morgan fingerprint density at radius 1 is 1.03 bits per heavy atom. The maximum atomic E-state index is 13.0. The van der Waals surface area contributed by atoms with Crippen LogP contribution in [0.25, 0.3) is 6.08 Å². The molecule has 3 aromatic carbocycles. The molecule has 0 unspecified atom stereocenters. The maximum absolute atomic E-state index is 13.0. The Labute approximate surface area is 187 Å². The first kappa shape index (κ1) is 20.9. The van der Waals surface area contributed by atoms with Gasteiger partial charge in [0.05, 0.1) is 5.69 Å². The van der Waals surface area contributed by atoms with E-state index >= 15 is 0 Å². The number of halogens is 1. The summed E-state index contributed by atoms with van der Waals surface area (Å²) in [5.41, 5.74) is 4.62. The highest BCUT2D eigenvalue weighted by atomic mass is 35.5. The number of hydrogen-bond donors (Lipinski definition) is 1.